The maximum absolute atomic E-state index is 6.10. The van der Waals surface area contributed by atoms with Gasteiger partial charge in [0.15, 0.2) is 0 Å². The third-order valence-electron chi connectivity index (χ3n) is 3.50. The van der Waals surface area contributed by atoms with Crippen molar-refractivity contribution < 1.29 is 0 Å². The van der Waals surface area contributed by atoms with Crippen molar-refractivity contribution in [1.29, 1.82) is 0 Å². The third-order valence-corrected chi connectivity index (χ3v) is 4.16. The van der Waals surface area contributed by atoms with E-state index in [9.17, 15) is 0 Å². The number of hydrogen-bond acceptors (Lipinski definition) is 1. The van der Waals surface area contributed by atoms with E-state index in [0.29, 0.717) is 0 Å². The lowest BCUT2D eigenvalue weighted by atomic mass is 10.0. The maximum atomic E-state index is 6.10. The molecule has 1 aliphatic rings. The highest BCUT2D eigenvalue weighted by atomic mass is 79.9. The smallest absolute Gasteiger partial charge is 0.0465 e. The minimum atomic E-state index is 0.157. The summed E-state index contributed by atoms with van der Waals surface area (Å²) >= 11 is 3.55. The van der Waals surface area contributed by atoms with Crippen LogP contribution >= 0.6 is 15.9 Å². The molecule has 1 heterocycles. The van der Waals surface area contributed by atoms with Gasteiger partial charge in [-0.1, -0.05) is 6.07 Å². The van der Waals surface area contributed by atoms with Gasteiger partial charge in [0.2, 0.25) is 0 Å². The van der Waals surface area contributed by atoms with Gasteiger partial charge >= 0.3 is 0 Å². The van der Waals surface area contributed by atoms with E-state index in [-0.39, 0.29) is 5.54 Å². The van der Waals surface area contributed by atoms with E-state index >= 15 is 0 Å². The van der Waals surface area contributed by atoms with E-state index in [1.54, 1.807) is 0 Å². The number of hydrogen-bond donors (Lipinski definition) is 2. The van der Waals surface area contributed by atoms with Crippen LogP contribution in [0.1, 0.15) is 24.8 Å². The van der Waals surface area contributed by atoms with Crippen LogP contribution in [0.25, 0.3) is 10.9 Å². The predicted molar refractivity (Wildman–Crippen MR) is 70.5 cm³/mol. The molecule has 0 unspecified atom stereocenters. The van der Waals surface area contributed by atoms with E-state index in [4.69, 9.17) is 5.73 Å². The molecular weight excluding hydrogens is 264 g/mol. The molecule has 1 aromatic carbocycles. The van der Waals surface area contributed by atoms with Gasteiger partial charge in [0.05, 0.1) is 0 Å². The van der Waals surface area contributed by atoms with Gasteiger partial charge in [-0.05, 0) is 59.3 Å². The van der Waals surface area contributed by atoms with Crippen LogP contribution in [-0.2, 0) is 6.42 Å². The molecule has 84 valence electrons. The lowest BCUT2D eigenvalue weighted by Crippen LogP contribution is -2.22. The second kappa shape index (κ2) is 3.60. The van der Waals surface area contributed by atoms with Crippen molar-refractivity contribution in [3.05, 3.63) is 34.4 Å². The summed E-state index contributed by atoms with van der Waals surface area (Å²) in [6.45, 7) is 0. The Balaban J connectivity index is 1.83. The summed E-state index contributed by atoms with van der Waals surface area (Å²) in [5.41, 5.74) is 8.82. The van der Waals surface area contributed by atoms with Crippen LogP contribution in [0.5, 0.6) is 0 Å². The Morgan fingerprint density at radius 1 is 1.38 bits per heavy atom. The summed E-state index contributed by atoms with van der Waals surface area (Å²) < 4.78 is 1.14. The van der Waals surface area contributed by atoms with Gasteiger partial charge in [-0.3, -0.25) is 0 Å². The molecule has 0 amide bonds. The number of benzene rings is 1. The van der Waals surface area contributed by atoms with Crippen LogP contribution < -0.4 is 5.73 Å². The highest BCUT2D eigenvalue weighted by Crippen LogP contribution is 2.36. The Labute approximate surface area is 103 Å². The average Bonchev–Trinajstić information content (AvgIpc) is 2.92. The second-order valence-electron chi connectivity index (χ2n) is 4.88. The van der Waals surface area contributed by atoms with Crippen LogP contribution in [0.15, 0.2) is 28.9 Å². The monoisotopic (exact) mass is 278 g/mol. The van der Waals surface area contributed by atoms with Crippen molar-refractivity contribution in [2.45, 2.75) is 31.2 Å². The van der Waals surface area contributed by atoms with Crippen LogP contribution in [-0.4, -0.2) is 10.5 Å². The Morgan fingerprint density at radius 3 is 2.94 bits per heavy atom. The molecular formula is C13H15BrN2. The molecule has 1 saturated carbocycles. The van der Waals surface area contributed by atoms with Gasteiger partial charge in [0.1, 0.15) is 0 Å². The number of nitrogens with two attached hydrogens (primary N) is 1. The van der Waals surface area contributed by atoms with Crippen molar-refractivity contribution in [3.63, 3.8) is 0 Å². The van der Waals surface area contributed by atoms with E-state index < -0.39 is 0 Å². The Morgan fingerprint density at radius 2 is 2.19 bits per heavy atom. The fraction of sp³-hybridized carbons (Fsp3) is 0.385. The molecule has 1 fully saturated rings. The second-order valence-corrected chi connectivity index (χ2v) is 5.73. The normalized spacial score (nSPS) is 17.9. The Bertz CT molecular complexity index is 526. The van der Waals surface area contributed by atoms with Crippen LogP contribution in [0.2, 0.25) is 0 Å². The molecule has 0 radical (unpaired) electrons. The van der Waals surface area contributed by atoms with Gasteiger partial charge in [0.25, 0.3) is 0 Å². The first-order valence-electron chi connectivity index (χ1n) is 5.71. The number of aromatic nitrogens is 1. The predicted octanol–water partition coefficient (Wildman–Crippen LogP) is 3.35. The van der Waals surface area contributed by atoms with E-state index in [2.05, 4.69) is 39.1 Å². The largest absolute Gasteiger partial charge is 0.360 e. The molecule has 2 nitrogen and oxygen atoms in total. The SMILES string of the molecule is NC1(CCc2ccc3[nH]cc(Br)c3c2)CC1. The summed E-state index contributed by atoms with van der Waals surface area (Å²) in [4.78, 5) is 3.23. The molecule has 2 aromatic rings. The summed E-state index contributed by atoms with van der Waals surface area (Å²) in [5, 5.41) is 1.26. The van der Waals surface area contributed by atoms with Crippen molar-refractivity contribution in [2.24, 2.45) is 5.73 Å². The number of nitrogens with one attached hydrogen (secondary N) is 1. The first-order chi connectivity index (χ1) is 7.66. The standard InChI is InChI=1S/C13H15BrN2/c14-11-8-16-12-2-1-9(7-10(11)12)3-4-13(15)5-6-13/h1-2,7-8,16H,3-6,15H2. The summed E-state index contributed by atoms with van der Waals surface area (Å²) in [6, 6.07) is 6.59. The Kier molecular flexibility index (Phi) is 2.33. The first kappa shape index (κ1) is 10.4. The third kappa shape index (κ3) is 1.89. The topological polar surface area (TPSA) is 41.8 Å². The molecule has 0 bridgehead atoms. The average molecular weight is 279 g/mol. The number of fused-ring (bicyclic) bond motifs is 1. The molecule has 0 saturated heterocycles. The van der Waals surface area contributed by atoms with Crippen molar-refractivity contribution in [3.8, 4) is 0 Å². The molecule has 16 heavy (non-hydrogen) atoms. The lowest BCUT2D eigenvalue weighted by molar-refractivity contribution is 0.609. The zero-order valence-corrected chi connectivity index (χ0v) is 10.7. The van der Waals surface area contributed by atoms with Gasteiger partial charge in [-0.25, -0.2) is 0 Å². The van der Waals surface area contributed by atoms with E-state index in [1.165, 1.54) is 29.3 Å². The molecule has 1 aromatic heterocycles. The number of aromatic amines is 1. The van der Waals surface area contributed by atoms with Gasteiger partial charge in [-0.2, -0.15) is 0 Å². The highest BCUT2D eigenvalue weighted by Gasteiger charge is 2.37. The van der Waals surface area contributed by atoms with Crippen molar-refractivity contribution in [1.82, 2.24) is 4.98 Å². The lowest BCUT2D eigenvalue weighted by Gasteiger charge is -2.08. The molecule has 3 N–H and O–H groups in total. The quantitative estimate of drug-likeness (QED) is 0.888. The maximum Gasteiger partial charge on any atom is 0.0465 e. The van der Waals surface area contributed by atoms with Crippen LogP contribution in [0, 0.1) is 0 Å². The van der Waals surface area contributed by atoms with Crippen molar-refractivity contribution >= 4 is 26.8 Å². The van der Waals surface area contributed by atoms with Crippen LogP contribution in [0.3, 0.4) is 0 Å². The molecule has 0 atom stereocenters. The Hall–Kier alpha value is -0.800. The highest BCUT2D eigenvalue weighted by molar-refractivity contribution is 9.10. The van der Waals surface area contributed by atoms with Gasteiger partial charge < -0.3 is 10.7 Å². The summed E-state index contributed by atoms with van der Waals surface area (Å²) in [6.07, 6.45) is 6.58. The first-order valence-corrected chi connectivity index (χ1v) is 6.50. The molecule has 3 heteroatoms. The molecule has 3 rings (SSSR count). The minimum Gasteiger partial charge on any atom is -0.360 e. The number of halogens is 1. The van der Waals surface area contributed by atoms with E-state index in [0.717, 1.165) is 17.3 Å². The molecule has 0 aliphatic heterocycles. The molecule has 0 spiro atoms. The zero-order valence-electron chi connectivity index (χ0n) is 9.09. The fourth-order valence-electron chi connectivity index (χ4n) is 2.09. The van der Waals surface area contributed by atoms with E-state index in [1.807, 2.05) is 6.20 Å². The summed E-state index contributed by atoms with van der Waals surface area (Å²) in [5.74, 6) is 0. The number of aryl methyl sites for hydroxylation is 1. The van der Waals surface area contributed by atoms with Crippen LogP contribution in [0.4, 0.5) is 0 Å². The van der Waals surface area contributed by atoms with Gasteiger partial charge in [-0.15, -0.1) is 0 Å². The number of H-pyrrole nitrogens is 1. The zero-order chi connectivity index (χ0) is 11.2. The summed E-state index contributed by atoms with van der Waals surface area (Å²) in [7, 11) is 0. The minimum absolute atomic E-state index is 0.157. The number of rotatable bonds is 3. The van der Waals surface area contributed by atoms with Gasteiger partial charge in [0, 0.05) is 27.1 Å². The fourth-order valence-corrected chi connectivity index (χ4v) is 2.54. The van der Waals surface area contributed by atoms with Crippen molar-refractivity contribution in [2.75, 3.05) is 0 Å². The molecule has 1 aliphatic carbocycles.